The predicted molar refractivity (Wildman–Crippen MR) is 200 cm³/mol. The lowest BCUT2D eigenvalue weighted by atomic mass is 10.0. The van der Waals surface area contributed by atoms with Crippen molar-refractivity contribution in [1.82, 2.24) is 44.4 Å². The smallest absolute Gasteiger partial charge is 0.428 e. The van der Waals surface area contributed by atoms with E-state index >= 15 is 0 Å². The summed E-state index contributed by atoms with van der Waals surface area (Å²) in [5.74, 6) is 5.76. The number of rotatable bonds is 8. The van der Waals surface area contributed by atoms with Crippen LogP contribution in [0.25, 0.3) is 17.2 Å². The largest absolute Gasteiger partial charge is 0.444 e. The third kappa shape index (κ3) is 10.8. The SMILES string of the molecule is CC(=O)c1c(NN(C)C(=O)OC(C)(C)C)nc(C)nc1-c1cc(C#Cc2cnc(-n3cnc(C)c3)nc2)nc(NC(=O)C(C)N(C)C(=O)OC(C)(C)C)c1. The minimum atomic E-state index is -0.969. The summed E-state index contributed by atoms with van der Waals surface area (Å²) >= 11 is 0. The Morgan fingerprint density at radius 3 is 2.07 bits per heavy atom. The van der Waals surface area contributed by atoms with E-state index in [4.69, 9.17) is 9.47 Å². The molecule has 17 nitrogen and oxygen atoms in total. The minimum absolute atomic E-state index is 0.0475. The van der Waals surface area contributed by atoms with Gasteiger partial charge in [-0.3, -0.25) is 24.5 Å². The first kappa shape index (κ1) is 40.3. The van der Waals surface area contributed by atoms with Crippen LogP contribution in [-0.2, 0) is 14.3 Å². The van der Waals surface area contributed by atoms with Gasteiger partial charge in [0.2, 0.25) is 11.9 Å². The summed E-state index contributed by atoms with van der Waals surface area (Å²) in [6.07, 6.45) is 5.10. The van der Waals surface area contributed by atoms with Crippen LogP contribution < -0.4 is 10.7 Å². The standard InChI is InChI=1S/C37H45N11O6/c1-21-19-48(20-40-21)33-38-17-25(18-39-33)13-14-27-15-26(16-28(43-27)44-32(50)22(2)46(11)34(51)53-36(5,6)7)30-29(23(3)49)31(42-24(4)41-30)45-47(12)35(52)54-37(8,9)10/h15-20,22H,1-12H3,(H,41,42,45)(H,43,44,50). The van der Waals surface area contributed by atoms with Gasteiger partial charge in [-0.1, -0.05) is 5.92 Å². The fraction of sp³-hybridized carbons (Fsp3) is 0.405. The summed E-state index contributed by atoms with van der Waals surface area (Å²) in [4.78, 5) is 79.8. The maximum atomic E-state index is 13.5. The van der Waals surface area contributed by atoms with E-state index in [0.717, 1.165) is 10.7 Å². The van der Waals surface area contributed by atoms with Gasteiger partial charge in [0.15, 0.2) is 11.6 Å². The molecule has 0 saturated heterocycles. The van der Waals surface area contributed by atoms with Gasteiger partial charge in [-0.2, -0.15) is 0 Å². The molecular formula is C37H45N11O6. The Hall–Kier alpha value is -6.44. The molecular weight excluding hydrogens is 694 g/mol. The Labute approximate surface area is 313 Å². The third-order valence-corrected chi connectivity index (χ3v) is 7.22. The fourth-order valence-corrected chi connectivity index (χ4v) is 4.61. The molecule has 4 heterocycles. The monoisotopic (exact) mass is 739 g/mol. The van der Waals surface area contributed by atoms with E-state index in [1.807, 2.05) is 6.92 Å². The zero-order chi connectivity index (χ0) is 40.1. The van der Waals surface area contributed by atoms with Crippen LogP contribution in [0.2, 0.25) is 0 Å². The molecule has 2 N–H and O–H groups in total. The quantitative estimate of drug-likeness (QED) is 0.137. The summed E-state index contributed by atoms with van der Waals surface area (Å²) < 4.78 is 12.5. The maximum Gasteiger partial charge on any atom is 0.428 e. The minimum Gasteiger partial charge on any atom is -0.444 e. The second-order valence-electron chi connectivity index (χ2n) is 14.4. The van der Waals surface area contributed by atoms with Gasteiger partial charge in [-0.15, -0.1) is 0 Å². The van der Waals surface area contributed by atoms with Crippen LogP contribution in [0.15, 0.2) is 37.1 Å². The first-order valence-corrected chi connectivity index (χ1v) is 16.9. The Kier molecular flexibility index (Phi) is 12.0. The number of amides is 3. The van der Waals surface area contributed by atoms with Crippen LogP contribution in [0.5, 0.6) is 0 Å². The molecule has 0 radical (unpaired) electrons. The molecule has 3 amide bonds. The predicted octanol–water partition coefficient (Wildman–Crippen LogP) is 5.12. The van der Waals surface area contributed by atoms with Crippen LogP contribution in [0, 0.1) is 25.7 Å². The van der Waals surface area contributed by atoms with Crippen molar-refractivity contribution in [1.29, 1.82) is 0 Å². The number of imidazole rings is 1. The van der Waals surface area contributed by atoms with E-state index in [-0.39, 0.29) is 34.4 Å². The number of likely N-dealkylation sites (N-methyl/N-ethyl adjacent to an activating group) is 1. The number of aryl methyl sites for hydroxylation is 2. The number of nitrogens with one attached hydrogen (secondary N) is 2. The van der Waals surface area contributed by atoms with Crippen molar-refractivity contribution in [3.05, 3.63) is 65.4 Å². The average molecular weight is 740 g/mol. The second-order valence-corrected chi connectivity index (χ2v) is 14.4. The number of ketones is 1. The molecule has 0 aromatic carbocycles. The first-order chi connectivity index (χ1) is 25.1. The zero-order valence-electron chi connectivity index (χ0n) is 32.5. The normalized spacial score (nSPS) is 11.8. The number of nitrogens with zero attached hydrogens (tertiary/aromatic N) is 9. The molecule has 0 saturated carbocycles. The zero-order valence-corrected chi connectivity index (χ0v) is 32.5. The number of Topliss-reactive ketones (excluding diaryl/α,β-unsaturated/α-hetero) is 1. The number of carbonyl (C=O) groups is 4. The molecule has 0 bridgehead atoms. The Balaban J connectivity index is 1.78. The highest BCUT2D eigenvalue weighted by Gasteiger charge is 2.28. The van der Waals surface area contributed by atoms with Crippen LogP contribution in [0.1, 0.15) is 88.5 Å². The van der Waals surface area contributed by atoms with Crippen LogP contribution in [0.4, 0.5) is 21.2 Å². The van der Waals surface area contributed by atoms with Gasteiger partial charge < -0.3 is 14.8 Å². The molecule has 0 aliphatic carbocycles. The lowest BCUT2D eigenvalue weighted by Crippen LogP contribution is -2.45. The number of hydrogen-bond donors (Lipinski definition) is 2. The van der Waals surface area contributed by atoms with Gasteiger partial charge in [-0.05, 0) is 87.3 Å². The molecule has 4 aromatic rings. The molecule has 284 valence electrons. The number of hydrogen-bond acceptors (Lipinski definition) is 13. The van der Waals surface area contributed by atoms with E-state index in [0.29, 0.717) is 17.1 Å². The van der Waals surface area contributed by atoms with Crippen molar-refractivity contribution in [2.45, 2.75) is 86.5 Å². The van der Waals surface area contributed by atoms with E-state index in [9.17, 15) is 19.2 Å². The highest BCUT2D eigenvalue weighted by molar-refractivity contribution is 6.04. The summed E-state index contributed by atoms with van der Waals surface area (Å²) in [7, 11) is 2.89. The molecule has 0 fully saturated rings. The molecule has 54 heavy (non-hydrogen) atoms. The van der Waals surface area contributed by atoms with E-state index in [1.54, 1.807) is 90.9 Å². The highest BCUT2D eigenvalue weighted by Crippen LogP contribution is 2.30. The molecule has 17 heteroatoms. The number of aromatic nitrogens is 7. The van der Waals surface area contributed by atoms with Crippen molar-refractivity contribution >= 4 is 35.5 Å². The maximum absolute atomic E-state index is 13.5. The topological polar surface area (TPSA) is 200 Å². The third-order valence-electron chi connectivity index (χ3n) is 7.22. The van der Waals surface area contributed by atoms with Crippen LogP contribution in [-0.4, -0.2) is 99.6 Å². The Bertz CT molecular complexity index is 2120. The van der Waals surface area contributed by atoms with Crippen molar-refractivity contribution in [3.8, 4) is 29.0 Å². The molecule has 4 rings (SSSR count). The second kappa shape index (κ2) is 16.1. The summed E-state index contributed by atoms with van der Waals surface area (Å²) in [6.45, 7) is 16.7. The van der Waals surface area contributed by atoms with Gasteiger partial charge >= 0.3 is 12.2 Å². The molecule has 4 aromatic heterocycles. The summed E-state index contributed by atoms with van der Waals surface area (Å²) in [6, 6.07) is 2.14. The number of hydrazine groups is 1. The average Bonchev–Trinajstić information content (AvgIpc) is 3.50. The van der Waals surface area contributed by atoms with Crippen molar-refractivity contribution in [3.63, 3.8) is 0 Å². The lowest BCUT2D eigenvalue weighted by molar-refractivity contribution is -0.120. The molecule has 0 aliphatic heterocycles. The van der Waals surface area contributed by atoms with E-state index in [1.165, 1.54) is 32.0 Å². The molecule has 1 unspecified atom stereocenters. The van der Waals surface area contributed by atoms with Gasteiger partial charge in [0, 0.05) is 38.2 Å². The van der Waals surface area contributed by atoms with Crippen molar-refractivity contribution in [2.75, 3.05) is 24.8 Å². The Morgan fingerprint density at radius 2 is 1.50 bits per heavy atom. The fourth-order valence-electron chi connectivity index (χ4n) is 4.61. The first-order valence-electron chi connectivity index (χ1n) is 16.9. The van der Waals surface area contributed by atoms with Gasteiger partial charge in [0.25, 0.3) is 0 Å². The number of ether oxygens (including phenoxy) is 2. The van der Waals surface area contributed by atoms with E-state index < -0.39 is 41.1 Å². The highest BCUT2D eigenvalue weighted by atomic mass is 16.6. The van der Waals surface area contributed by atoms with Gasteiger partial charge in [0.05, 0.1) is 22.5 Å². The molecule has 0 spiro atoms. The summed E-state index contributed by atoms with van der Waals surface area (Å²) in [5.41, 5.74) is 3.36. The van der Waals surface area contributed by atoms with Crippen molar-refractivity contribution in [2.24, 2.45) is 0 Å². The van der Waals surface area contributed by atoms with Crippen molar-refractivity contribution < 1.29 is 28.7 Å². The number of anilines is 2. The molecule has 1 atom stereocenters. The summed E-state index contributed by atoms with van der Waals surface area (Å²) in [5, 5.41) is 3.82. The Morgan fingerprint density at radius 1 is 0.870 bits per heavy atom. The van der Waals surface area contributed by atoms with Crippen LogP contribution >= 0.6 is 0 Å². The number of pyridine rings is 1. The molecule has 0 aliphatic rings. The van der Waals surface area contributed by atoms with Gasteiger partial charge in [-0.25, -0.2) is 44.5 Å². The number of carbonyl (C=O) groups excluding carboxylic acids is 4. The van der Waals surface area contributed by atoms with Crippen LogP contribution in [0.3, 0.4) is 0 Å². The lowest BCUT2D eigenvalue weighted by Gasteiger charge is -2.28. The van der Waals surface area contributed by atoms with E-state index in [2.05, 4.69) is 52.5 Å². The van der Waals surface area contributed by atoms with Gasteiger partial charge in [0.1, 0.15) is 40.9 Å².